The van der Waals surface area contributed by atoms with Gasteiger partial charge in [0, 0.05) is 17.5 Å². The third-order valence-corrected chi connectivity index (χ3v) is 4.64. The van der Waals surface area contributed by atoms with Crippen LogP contribution in [0.2, 0.25) is 0 Å². The Balaban J connectivity index is 1.59. The molecular formula is C16H20N2OS. The van der Waals surface area contributed by atoms with Crippen LogP contribution in [-0.2, 0) is 13.2 Å². The van der Waals surface area contributed by atoms with Gasteiger partial charge in [-0.1, -0.05) is 18.2 Å². The minimum absolute atomic E-state index is 0.555. The van der Waals surface area contributed by atoms with Crippen molar-refractivity contribution in [1.82, 2.24) is 10.3 Å². The van der Waals surface area contributed by atoms with Gasteiger partial charge in [-0.15, -0.1) is 11.3 Å². The minimum Gasteiger partial charge on any atom is -0.486 e. The van der Waals surface area contributed by atoms with Gasteiger partial charge >= 0.3 is 0 Å². The third-order valence-electron chi connectivity index (χ3n) is 3.51. The second kappa shape index (κ2) is 5.94. The summed E-state index contributed by atoms with van der Waals surface area (Å²) in [6.07, 6.45) is 2.64. The molecule has 0 atom stereocenters. The number of rotatable bonds is 6. The Bertz CT molecular complexity index is 590. The first-order chi connectivity index (χ1) is 9.72. The van der Waals surface area contributed by atoms with Crippen LogP contribution in [0.4, 0.5) is 0 Å². The van der Waals surface area contributed by atoms with Crippen LogP contribution in [0.3, 0.4) is 0 Å². The summed E-state index contributed by atoms with van der Waals surface area (Å²) < 4.78 is 5.86. The second-order valence-electron chi connectivity index (χ2n) is 5.33. The van der Waals surface area contributed by atoms with E-state index in [-0.39, 0.29) is 0 Å². The smallest absolute Gasteiger partial charge is 0.140 e. The first kappa shape index (κ1) is 13.6. The predicted molar refractivity (Wildman–Crippen MR) is 82.2 cm³/mol. The maximum atomic E-state index is 5.86. The molecule has 1 heterocycles. The number of nitrogens with zero attached hydrogens (tertiary/aromatic N) is 1. The van der Waals surface area contributed by atoms with Crippen LogP contribution in [-0.4, -0.2) is 11.0 Å². The van der Waals surface area contributed by atoms with Crippen molar-refractivity contribution in [2.24, 2.45) is 0 Å². The van der Waals surface area contributed by atoms with Crippen molar-refractivity contribution in [2.75, 3.05) is 0 Å². The molecule has 1 fully saturated rings. The van der Waals surface area contributed by atoms with Gasteiger partial charge in [-0.3, -0.25) is 0 Å². The quantitative estimate of drug-likeness (QED) is 0.882. The van der Waals surface area contributed by atoms with E-state index < -0.39 is 0 Å². The molecule has 0 saturated heterocycles. The number of hydrogen-bond donors (Lipinski definition) is 1. The molecule has 4 heteroatoms. The van der Waals surface area contributed by atoms with Gasteiger partial charge in [-0.25, -0.2) is 4.98 Å². The molecule has 1 aromatic heterocycles. The van der Waals surface area contributed by atoms with Gasteiger partial charge < -0.3 is 10.1 Å². The third kappa shape index (κ3) is 3.38. The van der Waals surface area contributed by atoms with E-state index in [1.165, 1.54) is 17.7 Å². The van der Waals surface area contributed by atoms with Gasteiger partial charge in [-0.05, 0) is 38.3 Å². The van der Waals surface area contributed by atoms with Crippen molar-refractivity contribution in [3.8, 4) is 5.75 Å². The summed E-state index contributed by atoms with van der Waals surface area (Å²) in [5.74, 6) is 0.943. The lowest BCUT2D eigenvalue weighted by atomic mass is 10.2. The van der Waals surface area contributed by atoms with Gasteiger partial charge in [0.15, 0.2) is 0 Å². The van der Waals surface area contributed by atoms with Crippen LogP contribution in [0.1, 0.15) is 34.0 Å². The first-order valence-electron chi connectivity index (χ1n) is 7.09. The highest BCUT2D eigenvalue weighted by Gasteiger charge is 2.21. The van der Waals surface area contributed by atoms with Crippen molar-refractivity contribution >= 4 is 11.3 Å². The molecule has 1 saturated carbocycles. The second-order valence-corrected chi connectivity index (χ2v) is 6.49. The molecule has 0 unspecified atom stereocenters. The Hall–Kier alpha value is -1.39. The largest absolute Gasteiger partial charge is 0.486 e. The zero-order valence-corrected chi connectivity index (χ0v) is 12.8. The minimum atomic E-state index is 0.555. The molecule has 1 aromatic carbocycles. The molecule has 1 aliphatic carbocycles. The van der Waals surface area contributed by atoms with Crippen LogP contribution in [0.25, 0.3) is 0 Å². The zero-order valence-electron chi connectivity index (χ0n) is 12.0. The van der Waals surface area contributed by atoms with Crippen LogP contribution in [0, 0.1) is 13.8 Å². The number of para-hydroxylation sites is 1. The van der Waals surface area contributed by atoms with Crippen LogP contribution < -0.4 is 10.1 Å². The van der Waals surface area contributed by atoms with E-state index in [4.69, 9.17) is 4.74 Å². The van der Waals surface area contributed by atoms with E-state index in [9.17, 15) is 0 Å². The standard InChI is InChI=1S/C16H20N2OS/c1-11-5-3-4-6-14(11)19-10-16-18-12(2)15(20-16)9-17-13-7-8-13/h3-6,13,17H,7-10H2,1-2H3. The summed E-state index contributed by atoms with van der Waals surface area (Å²) in [4.78, 5) is 5.94. The van der Waals surface area contributed by atoms with Crippen molar-refractivity contribution in [2.45, 2.75) is 45.9 Å². The summed E-state index contributed by atoms with van der Waals surface area (Å²) in [5.41, 5.74) is 2.29. The van der Waals surface area contributed by atoms with Crippen molar-refractivity contribution in [3.05, 3.63) is 45.4 Å². The number of thiazole rings is 1. The van der Waals surface area contributed by atoms with E-state index >= 15 is 0 Å². The molecule has 3 nitrogen and oxygen atoms in total. The van der Waals surface area contributed by atoms with Gasteiger partial charge in [0.25, 0.3) is 0 Å². The average Bonchev–Trinajstić information content (AvgIpc) is 3.20. The van der Waals surface area contributed by atoms with Crippen molar-refractivity contribution in [1.29, 1.82) is 0 Å². The Morgan fingerprint density at radius 1 is 1.30 bits per heavy atom. The monoisotopic (exact) mass is 288 g/mol. The highest BCUT2D eigenvalue weighted by atomic mass is 32.1. The van der Waals surface area contributed by atoms with Crippen LogP contribution in [0.15, 0.2) is 24.3 Å². The lowest BCUT2D eigenvalue weighted by Gasteiger charge is -2.06. The molecule has 20 heavy (non-hydrogen) atoms. The number of aromatic nitrogens is 1. The number of ether oxygens (including phenoxy) is 1. The molecule has 1 aliphatic rings. The molecule has 0 aliphatic heterocycles. The van der Waals surface area contributed by atoms with E-state index in [2.05, 4.69) is 30.2 Å². The van der Waals surface area contributed by atoms with Gasteiger partial charge in [0.2, 0.25) is 0 Å². The molecule has 3 rings (SSSR count). The van der Waals surface area contributed by atoms with Crippen LogP contribution >= 0.6 is 11.3 Å². The van der Waals surface area contributed by atoms with E-state index in [1.807, 2.05) is 18.2 Å². The van der Waals surface area contributed by atoms with Crippen LogP contribution in [0.5, 0.6) is 5.75 Å². The zero-order chi connectivity index (χ0) is 13.9. The lowest BCUT2D eigenvalue weighted by molar-refractivity contribution is 0.303. The van der Waals surface area contributed by atoms with E-state index in [0.717, 1.165) is 34.6 Å². The Morgan fingerprint density at radius 2 is 2.10 bits per heavy atom. The Morgan fingerprint density at radius 3 is 2.85 bits per heavy atom. The number of hydrogen-bond acceptors (Lipinski definition) is 4. The number of benzene rings is 1. The molecule has 0 bridgehead atoms. The Labute approximate surface area is 124 Å². The molecule has 0 radical (unpaired) electrons. The Kier molecular flexibility index (Phi) is 4.03. The summed E-state index contributed by atoms with van der Waals surface area (Å²) in [5, 5.41) is 4.59. The molecule has 2 aromatic rings. The fourth-order valence-electron chi connectivity index (χ4n) is 2.10. The molecule has 1 N–H and O–H groups in total. The summed E-state index contributed by atoms with van der Waals surface area (Å²) in [6, 6.07) is 8.83. The lowest BCUT2D eigenvalue weighted by Crippen LogP contribution is -2.14. The van der Waals surface area contributed by atoms with E-state index in [1.54, 1.807) is 11.3 Å². The molecule has 0 spiro atoms. The number of nitrogens with one attached hydrogen (secondary N) is 1. The van der Waals surface area contributed by atoms with Gasteiger partial charge in [0.05, 0.1) is 5.69 Å². The highest BCUT2D eigenvalue weighted by Crippen LogP contribution is 2.24. The fraction of sp³-hybridized carbons (Fsp3) is 0.438. The maximum Gasteiger partial charge on any atom is 0.140 e. The molecule has 106 valence electrons. The normalized spacial score (nSPS) is 14.5. The highest BCUT2D eigenvalue weighted by molar-refractivity contribution is 7.11. The fourth-order valence-corrected chi connectivity index (χ4v) is 3.03. The SMILES string of the molecule is Cc1ccccc1OCc1nc(C)c(CNC2CC2)s1. The van der Waals surface area contributed by atoms with Gasteiger partial charge in [0.1, 0.15) is 17.4 Å². The van der Waals surface area contributed by atoms with Crippen molar-refractivity contribution in [3.63, 3.8) is 0 Å². The van der Waals surface area contributed by atoms with Gasteiger partial charge in [-0.2, -0.15) is 0 Å². The van der Waals surface area contributed by atoms with Crippen molar-refractivity contribution < 1.29 is 4.74 Å². The predicted octanol–water partition coefficient (Wildman–Crippen LogP) is 3.59. The molecule has 0 amide bonds. The summed E-state index contributed by atoms with van der Waals surface area (Å²) in [6.45, 7) is 5.64. The summed E-state index contributed by atoms with van der Waals surface area (Å²) >= 11 is 1.76. The average molecular weight is 288 g/mol. The summed E-state index contributed by atoms with van der Waals surface area (Å²) in [7, 11) is 0. The maximum absolute atomic E-state index is 5.86. The number of aryl methyl sites for hydroxylation is 2. The molecular weight excluding hydrogens is 268 g/mol. The van der Waals surface area contributed by atoms with E-state index in [0.29, 0.717) is 6.61 Å². The first-order valence-corrected chi connectivity index (χ1v) is 7.91. The topological polar surface area (TPSA) is 34.1 Å².